The number of aryl methyl sites for hydroxylation is 1. The summed E-state index contributed by atoms with van der Waals surface area (Å²) < 4.78 is 6.69. The number of pyridine rings is 1. The van der Waals surface area contributed by atoms with Crippen LogP contribution in [0.1, 0.15) is 33.5 Å². The Bertz CT molecular complexity index is 1260. The molecule has 0 atom stereocenters. The molecule has 0 aliphatic carbocycles. The number of hydrogen-bond donors (Lipinski definition) is 0. The van der Waals surface area contributed by atoms with Crippen molar-refractivity contribution in [2.24, 2.45) is 0 Å². The second-order valence-corrected chi connectivity index (χ2v) is 5.81. The zero-order valence-electron chi connectivity index (χ0n) is 16.2. The van der Waals surface area contributed by atoms with E-state index in [9.17, 15) is 29.4 Å². The fraction of sp³-hybridized carbons (Fsp3) is 0.158. The number of carbonyl (C=O) groups is 2. The number of aromatic carboxylic acids is 2. The molecule has 0 amide bonds. The van der Waals surface area contributed by atoms with Gasteiger partial charge in [0.05, 0.1) is 22.6 Å². The Kier molecular flexibility index (Phi) is 8.64. The SMILES string of the molecule is C=CCc1c2oc(C(=O)[O-])cc(=O)c2cc2c(=O)cc(C(=O)[O-])n(CC)c12.[Na+].[Na+]. The van der Waals surface area contributed by atoms with Gasteiger partial charge in [-0.15, -0.1) is 6.58 Å². The number of rotatable bonds is 5. The number of aromatic nitrogens is 1. The predicted molar refractivity (Wildman–Crippen MR) is 92.5 cm³/mol. The van der Waals surface area contributed by atoms with Crippen molar-refractivity contribution in [2.75, 3.05) is 0 Å². The van der Waals surface area contributed by atoms with Crippen LogP contribution < -0.4 is 80.2 Å². The fourth-order valence-corrected chi connectivity index (χ4v) is 3.18. The van der Waals surface area contributed by atoms with E-state index in [0.29, 0.717) is 0 Å². The first-order chi connectivity index (χ1) is 12.8. The number of carbonyl (C=O) groups excluding carboxylic acids is 2. The molecule has 29 heavy (non-hydrogen) atoms. The molecule has 0 saturated carbocycles. The van der Waals surface area contributed by atoms with Crippen molar-refractivity contribution >= 4 is 33.8 Å². The van der Waals surface area contributed by atoms with E-state index in [0.717, 1.165) is 12.1 Å². The van der Waals surface area contributed by atoms with Crippen molar-refractivity contribution < 1.29 is 83.3 Å². The van der Waals surface area contributed by atoms with Gasteiger partial charge < -0.3 is 28.8 Å². The predicted octanol–water partition coefficient (Wildman–Crippen LogP) is -6.41. The van der Waals surface area contributed by atoms with Gasteiger partial charge in [0.2, 0.25) is 0 Å². The monoisotopic (exact) mass is 413 g/mol. The smallest absolute Gasteiger partial charge is 0.543 e. The van der Waals surface area contributed by atoms with Crippen molar-refractivity contribution in [1.29, 1.82) is 0 Å². The number of fused-ring (bicyclic) bond motifs is 2. The van der Waals surface area contributed by atoms with E-state index in [-0.39, 0.29) is 105 Å². The van der Waals surface area contributed by atoms with Crippen LogP contribution in [-0.4, -0.2) is 16.5 Å². The zero-order valence-corrected chi connectivity index (χ0v) is 20.2. The maximum Gasteiger partial charge on any atom is 1.00 e. The molecule has 0 bridgehead atoms. The van der Waals surface area contributed by atoms with Gasteiger partial charge in [-0.05, 0) is 19.4 Å². The van der Waals surface area contributed by atoms with Crippen LogP contribution in [0.15, 0.2) is 44.9 Å². The topological polar surface area (TPSA) is 132 Å². The van der Waals surface area contributed by atoms with Gasteiger partial charge in [0.25, 0.3) is 0 Å². The van der Waals surface area contributed by atoms with Gasteiger partial charge in [0.15, 0.2) is 16.6 Å². The second kappa shape index (κ2) is 9.88. The normalized spacial score (nSPS) is 10.2. The Balaban J connectivity index is 0.00000210. The number of carboxylic acids is 2. The number of benzene rings is 1. The summed E-state index contributed by atoms with van der Waals surface area (Å²) in [6.45, 7) is 5.47. The minimum atomic E-state index is -1.67. The van der Waals surface area contributed by atoms with Crippen LogP contribution >= 0.6 is 0 Å². The van der Waals surface area contributed by atoms with Crippen molar-refractivity contribution in [1.82, 2.24) is 4.57 Å². The first kappa shape index (κ1) is 25.4. The maximum absolute atomic E-state index is 12.5. The third-order valence-electron chi connectivity index (χ3n) is 4.26. The standard InChI is InChI=1S/C19H15NO7.2Na/c1-3-5-9-16-10(13(21)7-12(18(23)24)20(16)4-2)6-11-14(22)8-15(19(25)26)27-17(9)11;;/h3,6-8H,1,4-5H2,2H3,(H,23,24)(H,25,26);;/q;2*+1/p-2. The van der Waals surface area contributed by atoms with Crippen LogP contribution in [0.3, 0.4) is 0 Å². The number of nitrogens with zero attached hydrogens (tertiary/aromatic N) is 1. The first-order valence-electron chi connectivity index (χ1n) is 8.01. The summed E-state index contributed by atoms with van der Waals surface area (Å²) in [4.78, 5) is 47.4. The number of carboxylic acid groups (broad SMARTS) is 2. The molecule has 10 heteroatoms. The molecule has 0 fully saturated rings. The summed E-state index contributed by atoms with van der Waals surface area (Å²) in [6, 6.07) is 2.98. The van der Waals surface area contributed by atoms with Crippen LogP contribution in [-0.2, 0) is 13.0 Å². The Hall–Kier alpha value is -1.68. The average molecular weight is 413 g/mol. The van der Waals surface area contributed by atoms with Gasteiger partial charge in [-0.1, -0.05) is 6.08 Å². The van der Waals surface area contributed by atoms with Gasteiger partial charge in [0, 0.05) is 29.6 Å². The molecule has 3 aromatic rings. The minimum Gasteiger partial charge on any atom is -0.543 e. The molecule has 2 aromatic heterocycles. The van der Waals surface area contributed by atoms with E-state index < -0.39 is 28.6 Å². The molecule has 3 rings (SSSR count). The quantitative estimate of drug-likeness (QED) is 0.231. The molecule has 0 saturated heterocycles. The largest absolute Gasteiger partial charge is 1.00 e. The van der Waals surface area contributed by atoms with Gasteiger partial charge in [-0.3, -0.25) is 9.59 Å². The number of allylic oxidation sites excluding steroid dienone is 1. The zero-order chi connectivity index (χ0) is 19.9. The molecule has 0 aliphatic rings. The van der Waals surface area contributed by atoms with E-state index in [1.54, 1.807) is 6.92 Å². The van der Waals surface area contributed by atoms with Gasteiger partial charge in [-0.25, -0.2) is 0 Å². The summed E-state index contributed by atoms with van der Waals surface area (Å²) in [7, 11) is 0. The molecular weight excluding hydrogens is 400 g/mol. The van der Waals surface area contributed by atoms with Crippen molar-refractivity contribution in [3.63, 3.8) is 0 Å². The Morgan fingerprint density at radius 1 is 1.07 bits per heavy atom. The van der Waals surface area contributed by atoms with Crippen molar-refractivity contribution in [3.05, 3.63) is 68.3 Å². The Morgan fingerprint density at radius 2 is 1.69 bits per heavy atom. The second-order valence-electron chi connectivity index (χ2n) is 5.81. The van der Waals surface area contributed by atoms with Crippen molar-refractivity contribution in [2.45, 2.75) is 19.9 Å². The van der Waals surface area contributed by atoms with E-state index in [2.05, 4.69) is 6.58 Å². The number of hydrogen-bond acceptors (Lipinski definition) is 7. The van der Waals surface area contributed by atoms with Crippen LogP contribution in [0.2, 0.25) is 0 Å². The van der Waals surface area contributed by atoms with Crippen LogP contribution in [0.4, 0.5) is 0 Å². The molecule has 138 valence electrons. The molecular formula is C19H13NNa2O7. The van der Waals surface area contributed by atoms with Gasteiger partial charge in [0.1, 0.15) is 11.6 Å². The van der Waals surface area contributed by atoms with E-state index in [1.165, 1.54) is 16.7 Å². The fourth-order valence-electron chi connectivity index (χ4n) is 3.18. The minimum absolute atomic E-state index is 0. The summed E-state index contributed by atoms with van der Waals surface area (Å²) in [5.41, 5.74) is -1.17. The third-order valence-corrected chi connectivity index (χ3v) is 4.26. The molecule has 8 nitrogen and oxygen atoms in total. The van der Waals surface area contributed by atoms with Gasteiger partial charge >= 0.3 is 59.1 Å². The molecule has 0 unspecified atom stereocenters. The first-order valence-corrected chi connectivity index (χ1v) is 8.01. The molecule has 2 heterocycles. The van der Waals surface area contributed by atoms with E-state index in [4.69, 9.17) is 4.42 Å². The summed E-state index contributed by atoms with van der Waals surface area (Å²) in [6.07, 6.45) is 1.57. The molecule has 0 radical (unpaired) electrons. The molecule has 0 spiro atoms. The van der Waals surface area contributed by atoms with E-state index in [1.807, 2.05) is 0 Å². The summed E-state index contributed by atoms with van der Waals surface area (Å²) >= 11 is 0. The molecule has 1 aromatic carbocycles. The summed E-state index contributed by atoms with van der Waals surface area (Å²) in [5.74, 6) is -3.88. The third kappa shape index (κ3) is 4.42. The Labute approximate surface area is 208 Å². The molecule has 0 aliphatic heterocycles. The van der Waals surface area contributed by atoms with Crippen LogP contribution in [0.25, 0.3) is 21.9 Å². The Morgan fingerprint density at radius 3 is 2.21 bits per heavy atom. The van der Waals surface area contributed by atoms with E-state index >= 15 is 0 Å². The summed E-state index contributed by atoms with van der Waals surface area (Å²) in [5, 5.41) is 22.7. The average Bonchev–Trinajstić information content (AvgIpc) is 2.62. The van der Waals surface area contributed by atoms with Crippen LogP contribution in [0, 0.1) is 0 Å². The van der Waals surface area contributed by atoms with Crippen LogP contribution in [0.5, 0.6) is 0 Å². The van der Waals surface area contributed by atoms with Gasteiger partial charge in [-0.2, -0.15) is 0 Å². The maximum atomic E-state index is 12.5. The van der Waals surface area contributed by atoms with Crippen molar-refractivity contribution in [3.8, 4) is 0 Å². The molecule has 0 N–H and O–H groups in total.